The first-order chi connectivity index (χ1) is 24.8. The minimum absolute atomic E-state index is 1.16. The van der Waals surface area contributed by atoms with Gasteiger partial charge in [-0.3, -0.25) is 0 Å². The first kappa shape index (κ1) is 28.8. The number of aromatic nitrogens is 1. The van der Waals surface area contributed by atoms with Crippen LogP contribution in [0.4, 0.5) is 0 Å². The van der Waals surface area contributed by atoms with E-state index in [-0.39, 0.29) is 0 Å². The molecule has 0 aliphatic rings. The lowest BCUT2D eigenvalue weighted by Crippen LogP contribution is -1.91. The lowest BCUT2D eigenvalue weighted by atomic mass is 9.89. The van der Waals surface area contributed by atoms with E-state index in [0.717, 1.165) is 5.69 Å². The Kier molecular flexibility index (Phi) is 6.75. The first-order valence-electron chi connectivity index (χ1n) is 17.1. The Morgan fingerprint density at radius 1 is 0.320 bits per heavy atom. The molecule has 10 rings (SSSR count). The average Bonchev–Trinajstić information content (AvgIpc) is 3.84. The molecule has 1 nitrogen and oxygen atoms in total. The Labute approximate surface area is 295 Å². The van der Waals surface area contributed by atoms with Crippen LogP contribution in [0.15, 0.2) is 188 Å². The Balaban J connectivity index is 1.16. The largest absolute Gasteiger partial charge is 0.316 e. The second-order valence-corrected chi connectivity index (χ2v) is 14.0. The molecule has 0 amide bonds. The van der Waals surface area contributed by atoms with Crippen LogP contribution in [0.1, 0.15) is 0 Å². The van der Waals surface area contributed by atoms with Gasteiger partial charge in [-0.1, -0.05) is 140 Å². The van der Waals surface area contributed by atoms with Gasteiger partial charge in [0.1, 0.15) is 0 Å². The zero-order valence-corrected chi connectivity index (χ0v) is 28.1. The molecule has 0 N–H and O–H groups in total. The van der Waals surface area contributed by atoms with Gasteiger partial charge in [0.2, 0.25) is 0 Å². The maximum Gasteiger partial charge on any atom is 0.0535 e. The number of para-hydroxylation sites is 1. The van der Waals surface area contributed by atoms with Crippen molar-refractivity contribution in [3.8, 4) is 48.8 Å². The van der Waals surface area contributed by atoms with Crippen LogP contribution in [0.3, 0.4) is 0 Å². The molecule has 234 valence electrons. The van der Waals surface area contributed by atoms with E-state index < -0.39 is 0 Å². The number of fused-ring (bicyclic) bond motifs is 7. The average molecular weight is 654 g/mol. The molecule has 0 bridgehead atoms. The number of rotatable bonds is 5. The summed E-state index contributed by atoms with van der Waals surface area (Å²) in [7, 11) is 0. The van der Waals surface area contributed by atoms with Crippen LogP contribution < -0.4 is 0 Å². The number of hydrogen-bond acceptors (Lipinski definition) is 1. The van der Waals surface area contributed by atoms with Crippen molar-refractivity contribution in [1.29, 1.82) is 0 Å². The molecule has 0 saturated heterocycles. The molecule has 0 atom stereocenters. The lowest BCUT2D eigenvalue weighted by molar-refractivity contribution is 1.13. The second-order valence-electron chi connectivity index (χ2n) is 12.9. The molecule has 2 heteroatoms. The van der Waals surface area contributed by atoms with Crippen molar-refractivity contribution in [2.24, 2.45) is 0 Å². The highest BCUT2D eigenvalue weighted by molar-refractivity contribution is 7.18. The summed E-state index contributed by atoms with van der Waals surface area (Å²) in [6.45, 7) is 0. The van der Waals surface area contributed by atoms with Crippen LogP contribution in [0.2, 0.25) is 0 Å². The fourth-order valence-corrected chi connectivity index (χ4v) is 8.73. The zero-order valence-electron chi connectivity index (χ0n) is 27.3. The van der Waals surface area contributed by atoms with Gasteiger partial charge in [0, 0.05) is 32.6 Å². The molecule has 0 radical (unpaired) electrons. The highest BCUT2D eigenvalue weighted by Gasteiger charge is 2.17. The van der Waals surface area contributed by atoms with Crippen LogP contribution in [0.5, 0.6) is 0 Å². The highest BCUT2D eigenvalue weighted by atomic mass is 32.1. The third-order valence-corrected chi connectivity index (χ3v) is 11.2. The van der Waals surface area contributed by atoms with Crippen LogP contribution >= 0.6 is 11.3 Å². The predicted molar refractivity (Wildman–Crippen MR) is 215 cm³/mol. The summed E-state index contributed by atoms with van der Waals surface area (Å²) in [5.41, 5.74) is 9.76. The van der Waals surface area contributed by atoms with Crippen molar-refractivity contribution >= 4 is 54.6 Å². The summed E-state index contributed by atoms with van der Waals surface area (Å²) >= 11 is 1.85. The highest BCUT2D eigenvalue weighted by Crippen LogP contribution is 2.43. The van der Waals surface area contributed by atoms with Crippen molar-refractivity contribution in [3.63, 3.8) is 0 Å². The standard InChI is InChI=1S/C48H31NS/c1-3-13-32(14-4-1)47-27-28-48(50-47)45-31-49(35-15-5-2-6-16-35)46-26-24-34(30-44(45)46)37-18-8-7-17-36(37)33-23-25-42-40-21-10-9-19-38(40)39-20-11-12-22-41(39)43(42)29-33/h1-31H. The molecule has 2 aromatic heterocycles. The van der Waals surface area contributed by atoms with E-state index in [1.54, 1.807) is 0 Å². The molecule has 2 heterocycles. The molecule has 0 spiro atoms. The van der Waals surface area contributed by atoms with E-state index in [1.165, 1.54) is 86.4 Å². The summed E-state index contributed by atoms with van der Waals surface area (Å²) in [4.78, 5) is 2.54. The number of hydrogen-bond donors (Lipinski definition) is 0. The molecule has 0 aliphatic heterocycles. The predicted octanol–water partition coefficient (Wildman–Crippen LogP) is 13.8. The van der Waals surface area contributed by atoms with E-state index in [4.69, 9.17) is 0 Å². The minimum Gasteiger partial charge on any atom is -0.316 e. The third-order valence-electron chi connectivity index (χ3n) is 10.1. The molecular formula is C48H31NS. The number of benzene rings is 8. The zero-order chi connectivity index (χ0) is 33.0. The van der Waals surface area contributed by atoms with E-state index in [9.17, 15) is 0 Å². The molecule has 50 heavy (non-hydrogen) atoms. The molecule has 0 aliphatic carbocycles. The fourth-order valence-electron chi connectivity index (χ4n) is 7.70. The van der Waals surface area contributed by atoms with Gasteiger partial charge in [-0.15, -0.1) is 11.3 Å². The normalized spacial score (nSPS) is 11.6. The van der Waals surface area contributed by atoms with Crippen LogP contribution in [0, 0.1) is 0 Å². The molecule has 0 saturated carbocycles. The van der Waals surface area contributed by atoms with Gasteiger partial charge < -0.3 is 4.57 Å². The van der Waals surface area contributed by atoms with Crippen molar-refractivity contribution in [2.75, 3.05) is 0 Å². The summed E-state index contributed by atoms with van der Waals surface area (Å²) in [5, 5.41) is 9.02. The summed E-state index contributed by atoms with van der Waals surface area (Å²) in [6, 6.07) is 66.3. The van der Waals surface area contributed by atoms with Crippen LogP contribution in [0.25, 0.3) is 92.0 Å². The quantitative estimate of drug-likeness (QED) is 0.163. The number of thiophene rings is 1. The molecule has 0 fully saturated rings. The molecule has 10 aromatic rings. The van der Waals surface area contributed by atoms with Crippen molar-refractivity contribution in [3.05, 3.63) is 188 Å². The second kappa shape index (κ2) is 11.7. The summed E-state index contributed by atoms with van der Waals surface area (Å²) < 4.78 is 2.33. The van der Waals surface area contributed by atoms with Gasteiger partial charge >= 0.3 is 0 Å². The monoisotopic (exact) mass is 653 g/mol. The van der Waals surface area contributed by atoms with E-state index in [1.807, 2.05) is 11.3 Å². The Morgan fingerprint density at radius 3 is 1.48 bits per heavy atom. The first-order valence-corrected chi connectivity index (χ1v) is 17.9. The maximum absolute atomic E-state index is 2.40. The summed E-state index contributed by atoms with van der Waals surface area (Å²) in [5.74, 6) is 0. The van der Waals surface area contributed by atoms with Crippen molar-refractivity contribution in [2.45, 2.75) is 0 Å². The van der Waals surface area contributed by atoms with Crippen LogP contribution in [-0.4, -0.2) is 4.57 Å². The third kappa shape index (κ3) is 4.69. The van der Waals surface area contributed by atoms with E-state index in [2.05, 4.69) is 193 Å². The number of nitrogens with zero attached hydrogens (tertiary/aromatic N) is 1. The summed E-state index contributed by atoms with van der Waals surface area (Å²) in [6.07, 6.45) is 2.31. The molecular weight excluding hydrogens is 623 g/mol. The minimum atomic E-state index is 1.16. The smallest absolute Gasteiger partial charge is 0.0535 e. The van der Waals surface area contributed by atoms with Gasteiger partial charge in [0.15, 0.2) is 0 Å². The maximum atomic E-state index is 2.40. The van der Waals surface area contributed by atoms with E-state index >= 15 is 0 Å². The van der Waals surface area contributed by atoms with Gasteiger partial charge in [-0.05, 0) is 103 Å². The SMILES string of the molecule is c1ccc(-c2ccc(-c3cn(-c4ccccc4)c4ccc(-c5ccccc5-c5ccc6c7ccccc7c7ccccc7c6c5)cc34)s2)cc1. The van der Waals surface area contributed by atoms with Crippen molar-refractivity contribution < 1.29 is 0 Å². The Bertz CT molecular complexity index is 2820. The van der Waals surface area contributed by atoms with Gasteiger partial charge in [0.25, 0.3) is 0 Å². The van der Waals surface area contributed by atoms with E-state index in [0.29, 0.717) is 0 Å². The van der Waals surface area contributed by atoms with Gasteiger partial charge in [-0.25, -0.2) is 0 Å². The van der Waals surface area contributed by atoms with Gasteiger partial charge in [0.05, 0.1) is 5.52 Å². The topological polar surface area (TPSA) is 4.93 Å². The fraction of sp³-hybridized carbons (Fsp3) is 0. The Morgan fingerprint density at radius 2 is 0.820 bits per heavy atom. The lowest BCUT2D eigenvalue weighted by Gasteiger charge is -2.14. The Hall–Kier alpha value is -6.22. The van der Waals surface area contributed by atoms with Crippen molar-refractivity contribution in [1.82, 2.24) is 4.57 Å². The molecule has 8 aromatic carbocycles. The van der Waals surface area contributed by atoms with Crippen LogP contribution in [-0.2, 0) is 0 Å². The van der Waals surface area contributed by atoms with Gasteiger partial charge in [-0.2, -0.15) is 0 Å². The molecule has 0 unspecified atom stereocenters.